The van der Waals surface area contributed by atoms with Crippen LogP contribution in [0, 0.1) is 5.92 Å². The second kappa shape index (κ2) is 7.76. The zero-order chi connectivity index (χ0) is 20.7. The molecule has 1 aliphatic carbocycles. The van der Waals surface area contributed by atoms with Gasteiger partial charge in [-0.25, -0.2) is 9.78 Å². The van der Waals surface area contributed by atoms with Crippen LogP contribution < -0.4 is 4.90 Å². The third kappa shape index (κ3) is 3.56. The number of carboxylic acid groups (broad SMARTS) is 1. The van der Waals surface area contributed by atoms with Crippen molar-refractivity contribution < 1.29 is 9.90 Å². The molecule has 0 bridgehead atoms. The zero-order valence-electron chi connectivity index (χ0n) is 17.4. The Morgan fingerprint density at radius 3 is 2.53 bits per heavy atom. The Balaban J connectivity index is 1.48. The first-order chi connectivity index (χ1) is 14.6. The fraction of sp³-hybridized carbons (Fsp3) is 0.417. The Morgan fingerprint density at radius 1 is 1.10 bits per heavy atom. The predicted molar refractivity (Wildman–Crippen MR) is 119 cm³/mol. The van der Waals surface area contributed by atoms with Crippen LogP contribution in [0.4, 0.5) is 5.82 Å². The summed E-state index contributed by atoms with van der Waals surface area (Å²) in [7, 11) is 2.14. The SMILES string of the molecule is CN1CCN(c2ccc(-c3cc(C(=O)O)c4ccn(CC5CCC5)c4c3)cn2)CC1. The van der Waals surface area contributed by atoms with E-state index in [0.29, 0.717) is 11.5 Å². The van der Waals surface area contributed by atoms with Crippen molar-refractivity contribution in [1.29, 1.82) is 0 Å². The number of carbonyl (C=O) groups is 1. The monoisotopic (exact) mass is 404 g/mol. The number of pyridine rings is 1. The van der Waals surface area contributed by atoms with Crippen LogP contribution in [0.2, 0.25) is 0 Å². The maximum absolute atomic E-state index is 11.9. The summed E-state index contributed by atoms with van der Waals surface area (Å²) in [6, 6.07) is 9.96. The van der Waals surface area contributed by atoms with Gasteiger partial charge in [0.25, 0.3) is 0 Å². The summed E-state index contributed by atoms with van der Waals surface area (Å²) < 4.78 is 2.22. The van der Waals surface area contributed by atoms with E-state index in [1.807, 2.05) is 18.5 Å². The second-order valence-corrected chi connectivity index (χ2v) is 8.72. The van der Waals surface area contributed by atoms with Gasteiger partial charge in [0.05, 0.1) is 5.56 Å². The number of benzene rings is 1. The number of hydrogen-bond donors (Lipinski definition) is 1. The Hall–Kier alpha value is -2.86. The average molecular weight is 405 g/mol. The van der Waals surface area contributed by atoms with Gasteiger partial charge in [0.15, 0.2) is 0 Å². The van der Waals surface area contributed by atoms with Gasteiger partial charge in [-0.2, -0.15) is 0 Å². The lowest BCUT2D eigenvalue weighted by atomic mass is 9.85. The quantitative estimate of drug-likeness (QED) is 0.698. The van der Waals surface area contributed by atoms with Gasteiger partial charge in [0, 0.05) is 61.6 Å². The van der Waals surface area contributed by atoms with E-state index >= 15 is 0 Å². The maximum atomic E-state index is 11.9. The first-order valence-electron chi connectivity index (χ1n) is 10.8. The number of aromatic carboxylic acids is 1. The highest BCUT2D eigenvalue weighted by Gasteiger charge is 2.21. The Kier molecular flexibility index (Phi) is 4.95. The fourth-order valence-corrected chi connectivity index (χ4v) is 4.53. The van der Waals surface area contributed by atoms with Crippen LogP contribution in [0.15, 0.2) is 42.7 Å². The van der Waals surface area contributed by atoms with Gasteiger partial charge in [-0.3, -0.25) is 0 Å². The molecule has 1 saturated carbocycles. The molecule has 2 aliphatic rings. The molecule has 2 fully saturated rings. The maximum Gasteiger partial charge on any atom is 0.336 e. The average Bonchev–Trinajstić information content (AvgIpc) is 3.13. The summed E-state index contributed by atoms with van der Waals surface area (Å²) in [5.74, 6) is 0.812. The lowest BCUT2D eigenvalue weighted by Crippen LogP contribution is -2.44. The summed E-state index contributed by atoms with van der Waals surface area (Å²) in [4.78, 5) is 21.3. The van der Waals surface area contributed by atoms with Gasteiger partial charge in [-0.1, -0.05) is 6.42 Å². The molecular weight excluding hydrogens is 376 g/mol. The van der Waals surface area contributed by atoms with Crippen molar-refractivity contribution in [2.75, 3.05) is 38.1 Å². The van der Waals surface area contributed by atoms with Crippen LogP contribution in [-0.4, -0.2) is 58.8 Å². The van der Waals surface area contributed by atoms with Crippen molar-refractivity contribution in [2.24, 2.45) is 5.92 Å². The van der Waals surface area contributed by atoms with Crippen molar-refractivity contribution in [3.05, 3.63) is 48.3 Å². The minimum Gasteiger partial charge on any atom is -0.478 e. The highest BCUT2D eigenvalue weighted by Crippen LogP contribution is 2.33. The third-order valence-electron chi connectivity index (χ3n) is 6.71. The summed E-state index contributed by atoms with van der Waals surface area (Å²) in [5.41, 5.74) is 3.22. The topological polar surface area (TPSA) is 61.6 Å². The molecule has 2 aromatic heterocycles. The largest absolute Gasteiger partial charge is 0.478 e. The number of piperazine rings is 1. The number of carboxylic acids is 1. The first-order valence-corrected chi connectivity index (χ1v) is 10.8. The normalized spacial score (nSPS) is 18.0. The van der Waals surface area contributed by atoms with Crippen molar-refractivity contribution in [1.82, 2.24) is 14.5 Å². The highest BCUT2D eigenvalue weighted by atomic mass is 16.4. The standard InChI is InChI=1S/C24H28N4O2/c1-26-9-11-27(12-10-26)23-6-5-18(15-25-23)19-13-21(24(29)30)20-7-8-28(22(20)14-19)16-17-3-2-4-17/h5-8,13-15,17H,2-4,9-12,16H2,1H3,(H,29,30). The number of likely N-dealkylation sites (N-methyl/N-ethyl adjacent to an activating group) is 1. The molecule has 5 rings (SSSR count). The number of fused-ring (bicyclic) bond motifs is 1. The molecule has 1 aliphatic heterocycles. The molecule has 156 valence electrons. The summed E-state index contributed by atoms with van der Waals surface area (Å²) >= 11 is 0. The molecule has 1 N–H and O–H groups in total. The fourth-order valence-electron chi connectivity index (χ4n) is 4.53. The van der Waals surface area contributed by atoms with Crippen molar-refractivity contribution in [3.8, 4) is 11.1 Å². The van der Waals surface area contributed by atoms with Gasteiger partial charge in [-0.15, -0.1) is 0 Å². The second-order valence-electron chi connectivity index (χ2n) is 8.72. The predicted octanol–water partition coefficient (Wildman–Crippen LogP) is 3.95. The third-order valence-corrected chi connectivity index (χ3v) is 6.71. The van der Waals surface area contributed by atoms with Gasteiger partial charge >= 0.3 is 5.97 Å². The summed E-state index contributed by atoms with van der Waals surface area (Å²) in [5, 5.41) is 10.6. The van der Waals surface area contributed by atoms with Crippen molar-refractivity contribution in [2.45, 2.75) is 25.8 Å². The van der Waals surface area contributed by atoms with E-state index < -0.39 is 5.97 Å². The minimum atomic E-state index is -0.884. The molecule has 0 atom stereocenters. The number of hydrogen-bond acceptors (Lipinski definition) is 4. The molecule has 3 heterocycles. The van der Waals surface area contributed by atoms with Crippen LogP contribution >= 0.6 is 0 Å². The summed E-state index contributed by atoms with van der Waals surface area (Å²) in [6.07, 6.45) is 7.75. The Morgan fingerprint density at radius 2 is 1.90 bits per heavy atom. The highest BCUT2D eigenvalue weighted by molar-refractivity contribution is 6.05. The number of aromatic nitrogens is 2. The van der Waals surface area contributed by atoms with Gasteiger partial charge in [-0.05, 0) is 61.7 Å². The molecule has 0 spiro atoms. The number of rotatable bonds is 5. The van der Waals surface area contributed by atoms with Crippen LogP contribution in [0.3, 0.4) is 0 Å². The van der Waals surface area contributed by atoms with Crippen LogP contribution in [0.1, 0.15) is 29.6 Å². The van der Waals surface area contributed by atoms with E-state index in [-0.39, 0.29) is 0 Å². The zero-order valence-corrected chi connectivity index (χ0v) is 17.4. The van der Waals surface area contributed by atoms with E-state index in [0.717, 1.165) is 60.6 Å². The van der Waals surface area contributed by atoms with Crippen LogP contribution in [0.5, 0.6) is 0 Å². The lowest BCUT2D eigenvalue weighted by molar-refractivity contribution is 0.0699. The van der Waals surface area contributed by atoms with E-state index in [1.54, 1.807) is 6.07 Å². The summed E-state index contributed by atoms with van der Waals surface area (Å²) in [6.45, 7) is 5.01. The van der Waals surface area contributed by atoms with Gasteiger partial charge in [0.2, 0.25) is 0 Å². The Labute approximate surface area is 176 Å². The number of anilines is 1. The molecule has 1 saturated heterocycles. The molecule has 6 heteroatoms. The molecule has 6 nitrogen and oxygen atoms in total. The smallest absolute Gasteiger partial charge is 0.336 e. The van der Waals surface area contributed by atoms with Crippen molar-refractivity contribution in [3.63, 3.8) is 0 Å². The lowest BCUT2D eigenvalue weighted by Gasteiger charge is -2.33. The van der Waals surface area contributed by atoms with E-state index in [2.05, 4.69) is 39.6 Å². The van der Waals surface area contributed by atoms with E-state index in [1.165, 1.54) is 19.3 Å². The Bertz CT molecular complexity index is 1060. The molecule has 30 heavy (non-hydrogen) atoms. The molecule has 0 amide bonds. The van der Waals surface area contributed by atoms with E-state index in [4.69, 9.17) is 4.98 Å². The van der Waals surface area contributed by atoms with Gasteiger partial charge in [0.1, 0.15) is 5.82 Å². The molecular formula is C24H28N4O2. The molecule has 1 aromatic carbocycles. The molecule has 0 unspecified atom stereocenters. The molecule has 0 radical (unpaired) electrons. The van der Waals surface area contributed by atoms with Crippen LogP contribution in [-0.2, 0) is 6.54 Å². The first kappa shape index (κ1) is 19.1. The van der Waals surface area contributed by atoms with Gasteiger partial charge < -0.3 is 19.5 Å². The number of nitrogens with zero attached hydrogens (tertiary/aromatic N) is 4. The van der Waals surface area contributed by atoms with Crippen molar-refractivity contribution >= 4 is 22.7 Å². The van der Waals surface area contributed by atoms with E-state index in [9.17, 15) is 9.90 Å². The molecule has 3 aromatic rings. The minimum absolute atomic E-state index is 0.359. The van der Waals surface area contributed by atoms with Crippen LogP contribution in [0.25, 0.3) is 22.0 Å².